The summed E-state index contributed by atoms with van der Waals surface area (Å²) < 4.78 is 11.1. The fourth-order valence-corrected chi connectivity index (χ4v) is 3.56. The number of rotatable bonds is 4. The summed E-state index contributed by atoms with van der Waals surface area (Å²) in [6.07, 6.45) is 5.63. The maximum Gasteiger partial charge on any atom is 0.251 e. The minimum atomic E-state index is -0.324. The molecule has 3 aliphatic rings. The number of amides is 1. The quantitative estimate of drug-likeness (QED) is 0.894. The smallest absolute Gasteiger partial charge is 0.251 e. The molecule has 1 aromatic rings. The molecule has 126 valence electrons. The van der Waals surface area contributed by atoms with Crippen molar-refractivity contribution in [1.29, 1.82) is 0 Å². The van der Waals surface area contributed by atoms with Crippen molar-refractivity contribution < 1.29 is 14.1 Å². The van der Waals surface area contributed by atoms with Crippen LogP contribution in [0.1, 0.15) is 62.1 Å². The summed E-state index contributed by atoms with van der Waals surface area (Å²) >= 11 is 0. The number of ether oxygens (including phenoxy) is 1. The Hall–Kier alpha value is -1.47. The van der Waals surface area contributed by atoms with Crippen LogP contribution in [0.5, 0.6) is 0 Å². The number of carbonyl (C=O) groups is 1. The Balaban J connectivity index is 1.39. The van der Waals surface area contributed by atoms with Gasteiger partial charge in [-0.2, -0.15) is 4.98 Å². The Bertz CT molecular complexity index is 571. The Morgan fingerprint density at radius 3 is 2.83 bits per heavy atom. The fraction of sp³-hybridized carbons (Fsp3) is 0.812. The first-order chi connectivity index (χ1) is 11.2. The zero-order valence-electron chi connectivity index (χ0n) is 13.3. The molecule has 0 aromatic carbocycles. The zero-order chi connectivity index (χ0) is 15.8. The second-order valence-electron chi connectivity index (χ2n) is 6.95. The summed E-state index contributed by atoms with van der Waals surface area (Å²) in [5.74, 6) is 2.27. The van der Waals surface area contributed by atoms with E-state index >= 15 is 0 Å². The van der Waals surface area contributed by atoms with Gasteiger partial charge in [-0.15, -0.1) is 0 Å². The lowest BCUT2D eigenvalue weighted by molar-refractivity contribution is -0.144. The molecule has 1 aromatic heterocycles. The van der Waals surface area contributed by atoms with Gasteiger partial charge >= 0.3 is 0 Å². The van der Waals surface area contributed by atoms with E-state index in [1.54, 1.807) is 0 Å². The van der Waals surface area contributed by atoms with Crippen molar-refractivity contribution in [2.45, 2.75) is 62.6 Å². The fourth-order valence-electron chi connectivity index (χ4n) is 3.56. The molecule has 3 heterocycles. The summed E-state index contributed by atoms with van der Waals surface area (Å²) in [5, 5.41) is 4.15. The summed E-state index contributed by atoms with van der Waals surface area (Å²) in [6.45, 7) is 1.94. The Morgan fingerprint density at radius 1 is 1.22 bits per heavy atom. The van der Waals surface area contributed by atoms with Gasteiger partial charge in [0.2, 0.25) is 5.89 Å². The van der Waals surface area contributed by atoms with E-state index in [0.29, 0.717) is 19.0 Å². The molecule has 1 amide bonds. The largest absolute Gasteiger partial charge is 0.364 e. The van der Waals surface area contributed by atoms with E-state index in [2.05, 4.69) is 10.1 Å². The summed E-state index contributed by atoms with van der Waals surface area (Å²) in [4.78, 5) is 19.1. The third-order valence-electron chi connectivity index (χ3n) is 5.13. The number of hydrogen-bond acceptors (Lipinski definition) is 6. The van der Waals surface area contributed by atoms with Gasteiger partial charge in [0, 0.05) is 31.5 Å². The third kappa shape index (κ3) is 3.12. The monoisotopic (exact) mass is 320 g/mol. The number of hydrogen-bond donors (Lipinski definition) is 1. The van der Waals surface area contributed by atoms with Crippen molar-refractivity contribution >= 4 is 5.91 Å². The standard InChI is InChI=1S/C16H24N4O3/c17-8-12-5-6-13(22-12)16(21)20-7-1-2-11(9-20)14-18-15(23-19-14)10-3-4-10/h10-13H,1-9,17H2/t11?,12-,13+/m1/s1. The van der Waals surface area contributed by atoms with Gasteiger partial charge in [0.25, 0.3) is 5.91 Å². The highest BCUT2D eigenvalue weighted by molar-refractivity contribution is 5.81. The van der Waals surface area contributed by atoms with Crippen molar-refractivity contribution in [1.82, 2.24) is 15.0 Å². The maximum atomic E-state index is 12.7. The predicted octanol–water partition coefficient (Wildman–Crippen LogP) is 1.16. The molecule has 7 heteroatoms. The molecular formula is C16H24N4O3. The number of piperidine rings is 1. The third-order valence-corrected chi connectivity index (χ3v) is 5.13. The van der Waals surface area contributed by atoms with Crippen molar-refractivity contribution in [2.75, 3.05) is 19.6 Å². The first-order valence-corrected chi connectivity index (χ1v) is 8.72. The molecule has 1 aliphatic carbocycles. The lowest BCUT2D eigenvalue weighted by atomic mass is 9.96. The van der Waals surface area contributed by atoms with Gasteiger partial charge in [-0.3, -0.25) is 4.79 Å². The highest BCUT2D eigenvalue weighted by atomic mass is 16.5. The minimum absolute atomic E-state index is 0.0304. The van der Waals surface area contributed by atoms with Crippen LogP contribution in [0.25, 0.3) is 0 Å². The first kappa shape index (κ1) is 15.1. The Morgan fingerprint density at radius 2 is 2.09 bits per heavy atom. The van der Waals surface area contributed by atoms with Crippen molar-refractivity contribution in [3.8, 4) is 0 Å². The Kier molecular flexibility index (Phi) is 4.07. The molecule has 2 aliphatic heterocycles. The molecular weight excluding hydrogens is 296 g/mol. The van der Waals surface area contributed by atoms with E-state index in [1.165, 1.54) is 0 Å². The molecule has 1 saturated carbocycles. The van der Waals surface area contributed by atoms with E-state index in [0.717, 1.165) is 56.8 Å². The highest BCUT2D eigenvalue weighted by Crippen LogP contribution is 2.39. The molecule has 7 nitrogen and oxygen atoms in total. The highest BCUT2D eigenvalue weighted by Gasteiger charge is 2.36. The minimum Gasteiger partial charge on any atom is -0.364 e. The van der Waals surface area contributed by atoms with Crippen molar-refractivity contribution in [3.05, 3.63) is 11.7 Å². The van der Waals surface area contributed by atoms with Crippen LogP contribution in [0.2, 0.25) is 0 Å². The van der Waals surface area contributed by atoms with Gasteiger partial charge in [0.15, 0.2) is 5.82 Å². The van der Waals surface area contributed by atoms with Crippen LogP contribution >= 0.6 is 0 Å². The van der Waals surface area contributed by atoms with Gasteiger partial charge < -0.3 is 19.9 Å². The molecule has 0 bridgehead atoms. The van der Waals surface area contributed by atoms with Crippen molar-refractivity contribution in [2.24, 2.45) is 5.73 Å². The molecule has 0 spiro atoms. The van der Waals surface area contributed by atoms with Crippen molar-refractivity contribution in [3.63, 3.8) is 0 Å². The zero-order valence-corrected chi connectivity index (χ0v) is 13.3. The molecule has 3 fully saturated rings. The topological polar surface area (TPSA) is 94.5 Å². The molecule has 3 atom stereocenters. The number of nitrogens with zero attached hydrogens (tertiary/aromatic N) is 3. The average Bonchev–Trinajstić information content (AvgIpc) is 3.14. The van der Waals surface area contributed by atoms with Gasteiger partial charge in [-0.25, -0.2) is 0 Å². The molecule has 23 heavy (non-hydrogen) atoms. The predicted molar refractivity (Wildman–Crippen MR) is 81.8 cm³/mol. The van der Waals surface area contributed by atoms with Crippen LogP contribution in [0.3, 0.4) is 0 Å². The summed E-state index contributed by atoms with van der Waals surface area (Å²) in [5.41, 5.74) is 5.63. The second-order valence-corrected chi connectivity index (χ2v) is 6.95. The Labute approximate surface area is 135 Å². The number of nitrogens with two attached hydrogens (primary N) is 1. The van der Waals surface area contributed by atoms with Crippen LogP contribution in [-0.4, -0.2) is 52.8 Å². The normalized spacial score (nSPS) is 31.5. The SMILES string of the molecule is NC[C@H]1CC[C@@H](C(=O)N2CCCC(c3noc(C4CC4)n3)C2)O1. The number of likely N-dealkylation sites (tertiary alicyclic amines) is 1. The molecule has 2 N–H and O–H groups in total. The molecule has 4 rings (SSSR count). The van der Waals surface area contributed by atoms with Gasteiger partial charge in [-0.05, 0) is 38.5 Å². The van der Waals surface area contributed by atoms with Gasteiger partial charge in [0.05, 0.1) is 6.10 Å². The van der Waals surface area contributed by atoms with E-state index < -0.39 is 0 Å². The molecule has 0 radical (unpaired) electrons. The van der Waals surface area contributed by atoms with Crippen LogP contribution in [0.15, 0.2) is 4.52 Å². The van der Waals surface area contributed by atoms with Gasteiger partial charge in [-0.1, -0.05) is 5.16 Å². The van der Waals surface area contributed by atoms with E-state index in [4.69, 9.17) is 15.0 Å². The summed E-state index contributed by atoms with van der Waals surface area (Å²) in [6, 6.07) is 0. The van der Waals surface area contributed by atoms with Crippen LogP contribution in [-0.2, 0) is 9.53 Å². The van der Waals surface area contributed by atoms with Crippen LogP contribution < -0.4 is 5.73 Å². The summed E-state index contributed by atoms with van der Waals surface area (Å²) in [7, 11) is 0. The average molecular weight is 320 g/mol. The van der Waals surface area contributed by atoms with Crippen LogP contribution in [0.4, 0.5) is 0 Å². The maximum absolute atomic E-state index is 12.7. The lowest BCUT2D eigenvalue weighted by Gasteiger charge is -2.32. The second kappa shape index (κ2) is 6.20. The van der Waals surface area contributed by atoms with Crippen LogP contribution in [0, 0.1) is 0 Å². The van der Waals surface area contributed by atoms with E-state index in [-0.39, 0.29) is 24.0 Å². The van der Waals surface area contributed by atoms with Gasteiger partial charge in [0.1, 0.15) is 6.10 Å². The van der Waals surface area contributed by atoms with E-state index in [9.17, 15) is 4.79 Å². The number of carbonyl (C=O) groups excluding carboxylic acids is 1. The number of aromatic nitrogens is 2. The first-order valence-electron chi connectivity index (χ1n) is 8.72. The lowest BCUT2D eigenvalue weighted by Crippen LogP contribution is -2.44. The van der Waals surface area contributed by atoms with E-state index in [1.807, 2.05) is 4.90 Å². The molecule has 1 unspecified atom stereocenters. The molecule has 2 saturated heterocycles.